The Bertz CT molecular complexity index is 897. The number of halogens is 1. The smallest absolute Gasteiger partial charge is 0.256 e. The number of ether oxygens (including phenoxy) is 2. The summed E-state index contributed by atoms with van der Waals surface area (Å²) < 4.78 is 12.9. The van der Waals surface area contributed by atoms with Gasteiger partial charge in [0.15, 0.2) is 0 Å². The van der Waals surface area contributed by atoms with Crippen LogP contribution in [0, 0.1) is 0 Å². The fourth-order valence-corrected chi connectivity index (χ4v) is 2.71. The summed E-state index contributed by atoms with van der Waals surface area (Å²) in [5.41, 5.74) is 1.76. The molecule has 0 aliphatic heterocycles. The minimum absolute atomic E-state index is 0.284. The van der Waals surface area contributed by atoms with Gasteiger partial charge in [-0.05, 0) is 46.3 Å². The zero-order chi connectivity index (χ0) is 17.8. The molecule has 0 radical (unpaired) electrons. The second-order valence-corrected chi connectivity index (χ2v) is 5.91. The molecule has 0 aliphatic rings. The highest BCUT2D eigenvalue weighted by Gasteiger charge is 2.15. The van der Waals surface area contributed by atoms with Crippen molar-refractivity contribution in [1.82, 2.24) is 14.8 Å². The van der Waals surface area contributed by atoms with Crippen LogP contribution in [-0.2, 0) is 0 Å². The van der Waals surface area contributed by atoms with E-state index in [2.05, 4.69) is 31.4 Å². The summed E-state index contributed by atoms with van der Waals surface area (Å²) in [6.45, 7) is 0. The maximum absolute atomic E-state index is 12.7. The molecule has 1 N–H and O–H groups in total. The summed E-state index contributed by atoms with van der Waals surface area (Å²) in [5.74, 6) is 0.877. The van der Waals surface area contributed by atoms with Crippen molar-refractivity contribution in [3.05, 3.63) is 59.1 Å². The molecule has 3 aromatic rings. The number of amides is 1. The third kappa shape index (κ3) is 3.63. The lowest BCUT2D eigenvalue weighted by atomic mass is 10.1. The summed E-state index contributed by atoms with van der Waals surface area (Å²) >= 11 is 3.41. The second kappa shape index (κ2) is 7.35. The van der Waals surface area contributed by atoms with Gasteiger partial charge in [0.05, 0.1) is 25.5 Å². The Hall–Kier alpha value is -2.87. The molecule has 0 saturated heterocycles. The van der Waals surface area contributed by atoms with Crippen molar-refractivity contribution in [2.24, 2.45) is 0 Å². The first kappa shape index (κ1) is 17.0. The molecule has 1 amide bonds. The number of nitrogens with one attached hydrogen (secondary N) is 1. The van der Waals surface area contributed by atoms with E-state index in [1.165, 1.54) is 0 Å². The van der Waals surface area contributed by atoms with E-state index in [0.29, 0.717) is 27.2 Å². The Kier molecular flexibility index (Phi) is 4.99. The Morgan fingerprint density at radius 1 is 1.08 bits per heavy atom. The SMILES string of the molecule is COc1ccc(OC)c(NC(=O)c2cc(-n3cnnc3)ccc2Br)c1. The number of carbonyl (C=O) groups excluding carboxylic acids is 1. The van der Waals surface area contributed by atoms with Crippen molar-refractivity contribution >= 4 is 27.5 Å². The van der Waals surface area contributed by atoms with Gasteiger partial charge in [0, 0.05) is 16.2 Å². The van der Waals surface area contributed by atoms with Crippen LogP contribution in [0.5, 0.6) is 11.5 Å². The number of nitrogens with zero attached hydrogens (tertiary/aromatic N) is 3. The molecule has 3 rings (SSSR count). The van der Waals surface area contributed by atoms with Crippen molar-refractivity contribution in [1.29, 1.82) is 0 Å². The number of hydrogen-bond donors (Lipinski definition) is 1. The first-order valence-electron chi connectivity index (χ1n) is 7.30. The molecule has 1 aromatic heterocycles. The van der Waals surface area contributed by atoms with E-state index in [0.717, 1.165) is 5.69 Å². The summed E-state index contributed by atoms with van der Waals surface area (Å²) in [7, 11) is 3.10. The number of rotatable bonds is 5. The van der Waals surface area contributed by atoms with Crippen LogP contribution in [0.25, 0.3) is 5.69 Å². The van der Waals surface area contributed by atoms with E-state index in [1.807, 2.05) is 6.07 Å². The molecule has 0 unspecified atom stereocenters. The largest absolute Gasteiger partial charge is 0.497 e. The normalized spacial score (nSPS) is 10.4. The standard InChI is InChI=1S/C17H15BrN4O3/c1-24-12-4-6-16(25-2)15(8-12)21-17(23)13-7-11(3-5-14(13)18)22-9-19-20-10-22/h3-10H,1-2H3,(H,21,23). The number of benzene rings is 2. The third-order valence-electron chi connectivity index (χ3n) is 3.57. The van der Waals surface area contributed by atoms with Crippen molar-refractivity contribution in [2.45, 2.75) is 0 Å². The molecule has 0 fully saturated rings. The molecule has 0 aliphatic carbocycles. The molecule has 0 bridgehead atoms. The van der Waals surface area contributed by atoms with Gasteiger partial charge in [0.1, 0.15) is 24.2 Å². The zero-order valence-electron chi connectivity index (χ0n) is 13.6. The molecule has 0 atom stereocenters. The lowest BCUT2D eigenvalue weighted by Gasteiger charge is -2.13. The first-order valence-corrected chi connectivity index (χ1v) is 8.09. The number of methoxy groups -OCH3 is 2. The highest BCUT2D eigenvalue weighted by atomic mass is 79.9. The maximum Gasteiger partial charge on any atom is 0.256 e. The fourth-order valence-electron chi connectivity index (χ4n) is 2.28. The number of anilines is 1. The van der Waals surface area contributed by atoms with Gasteiger partial charge in [-0.3, -0.25) is 9.36 Å². The number of aromatic nitrogens is 3. The highest BCUT2D eigenvalue weighted by Crippen LogP contribution is 2.30. The zero-order valence-corrected chi connectivity index (χ0v) is 15.1. The Labute approximate surface area is 152 Å². The van der Waals surface area contributed by atoms with Crippen molar-refractivity contribution < 1.29 is 14.3 Å². The van der Waals surface area contributed by atoms with Gasteiger partial charge in [-0.2, -0.15) is 0 Å². The number of carbonyl (C=O) groups is 1. The highest BCUT2D eigenvalue weighted by molar-refractivity contribution is 9.10. The molecule has 128 valence electrons. The van der Waals surface area contributed by atoms with Crippen molar-refractivity contribution in [3.8, 4) is 17.2 Å². The third-order valence-corrected chi connectivity index (χ3v) is 4.26. The average Bonchev–Trinajstić information content (AvgIpc) is 3.16. The Morgan fingerprint density at radius 3 is 2.52 bits per heavy atom. The van der Waals surface area contributed by atoms with Gasteiger partial charge >= 0.3 is 0 Å². The van der Waals surface area contributed by atoms with Gasteiger partial charge in [0.2, 0.25) is 0 Å². The minimum atomic E-state index is -0.284. The van der Waals surface area contributed by atoms with Crippen LogP contribution >= 0.6 is 15.9 Å². The topological polar surface area (TPSA) is 78.3 Å². The molecule has 25 heavy (non-hydrogen) atoms. The monoisotopic (exact) mass is 402 g/mol. The van der Waals surface area contributed by atoms with E-state index in [9.17, 15) is 4.79 Å². The number of hydrogen-bond acceptors (Lipinski definition) is 5. The van der Waals surface area contributed by atoms with Crippen LogP contribution in [0.3, 0.4) is 0 Å². The molecule has 2 aromatic carbocycles. The quantitative estimate of drug-likeness (QED) is 0.708. The predicted octanol–water partition coefficient (Wildman–Crippen LogP) is 3.30. The molecular formula is C17H15BrN4O3. The van der Waals surface area contributed by atoms with Gasteiger partial charge in [-0.15, -0.1) is 10.2 Å². The Balaban J connectivity index is 1.93. The fraction of sp³-hybridized carbons (Fsp3) is 0.118. The maximum atomic E-state index is 12.7. The van der Waals surface area contributed by atoms with E-state index in [4.69, 9.17) is 9.47 Å². The van der Waals surface area contributed by atoms with Crippen LogP contribution in [0.2, 0.25) is 0 Å². The van der Waals surface area contributed by atoms with Crippen molar-refractivity contribution in [2.75, 3.05) is 19.5 Å². The second-order valence-electron chi connectivity index (χ2n) is 5.05. The summed E-state index contributed by atoms with van der Waals surface area (Å²) in [6, 6.07) is 10.6. The molecule has 0 spiro atoms. The predicted molar refractivity (Wildman–Crippen MR) is 96.6 cm³/mol. The van der Waals surface area contributed by atoms with Gasteiger partial charge in [-0.1, -0.05) is 0 Å². The van der Waals surface area contributed by atoms with E-state index in [1.54, 1.807) is 61.8 Å². The average molecular weight is 403 g/mol. The van der Waals surface area contributed by atoms with Crippen molar-refractivity contribution in [3.63, 3.8) is 0 Å². The van der Waals surface area contributed by atoms with Crippen LogP contribution < -0.4 is 14.8 Å². The molecule has 1 heterocycles. The van der Waals surface area contributed by atoms with E-state index in [-0.39, 0.29) is 5.91 Å². The first-order chi connectivity index (χ1) is 12.1. The van der Waals surface area contributed by atoms with Gasteiger partial charge < -0.3 is 14.8 Å². The van der Waals surface area contributed by atoms with Crippen LogP contribution in [-0.4, -0.2) is 34.9 Å². The Morgan fingerprint density at radius 2 is 1.84 bits per heavy atom. The van der Waals surface area contributed by atoms with Crippen LogP contribution in [0.4, 0.5) is 5.69 Å². The van der Waals surface area contributed by atoms with E-state index < -0.39 is 0 Å². The molecular weight excluding hydrogens is 388 g/mol. The summed E-state index contributed by atoms with van der Waals surface area (Å²) in [5, 5.41) is 10.4. The summed E-state index contributed by atoms with van der Waals surface area (Å²) in [4.78, 5) is 12.7. The minimum Gasteiger partial charge on any atom is -0.497 e. The van der Waals surface area contributed by atoms with Crippen LogP contribution in [0.1, 0.15) is 10.4 Å². The summed E-state index contributed by atoms with van der Waals surface area (Å²) in [6.07, 6.45) is 3.13. The lowest BCUT2D eigenvalue weighted by molar-refractivity contribution is 0.102. The van der Waals surface area contributed by atoms with E-state index >= 15 is 0 Å². The van der Waals surface area contributed by atoms with Gasteiger partial charge in [0.25, 0.3) is 5.91 Å². The molecule has 7 nitrogen and oxygen atoms in total. The van der Waals surface area contributed by atoms with Gasteiger partial charge in [-0.25, -0.2) is 0 Å². The lowest BCUT2D eigenvalue weighted by Crippen LogP contribution is -2.14. The molecule has 8 heteroatoms. The van der Waals surface area contributed by atoms with Crippen LogP contribution in [0.15, 0.2) is 53.5 Å². The molecule has 0 saturated carbocycles.